The summed E-state index contributed by atoms with van der Waals surface area (Å²) >= 11 is 0. The second-order valence-corrected chi connectivity index (χ2v) is 7.56. The van der Waals surface area contributed by atoms with Crippen molar-refractivity contribution < 1.29 is 9.31 Å². The van der Waals surface area contributed by atoms with Gasteiger partial charge in [-0.3, -0.25) is 0 Å². The van der Waals surface area contributed by atoms with Crippen LogP contribution in [0.3, 0.4) is 0 Å². The largest absolute Gasteiger partial charge is 0.494 e. The molecule has 0 N–H and O–H groups in total. The molecule has 0 aliphatic carbocycles. The Morgan fingerprint density at radius 1 is 1.10 bits per heavy atom. The molecule has 1 fully saturated rings. The molecule has 1 saturated heterocycles. The molecule has 1 heterocycles. The molecular formula is C18H23BO2. The summed E-state index contributed by atoms with van der Waals surface area (Å²) in [5.74, 6) is 0. The summed E-state index contributed by atoms with van der Waals surface area (Å²) in [6.07, 6.45) is 0. The molecule has 0 bridgehead atoms. The van der Waals surface area contributed by atoms with E-state index < -0.39 is 0 Å². The highest BCUT2D eigenvalue weighted by atomic mass is 16.7. The van der Waals surface area contributed by atoms with Crippen molar-refractivity contribution in [1.82, 2.24) is 0 Å². The molecule has 0 aromatic heterocycles. The molecule has 0 radical (unpaired) electrons. The molecule has 0 saturated carbocycles. The molecule has 0 amide bonds. The number of benzene rings is 2. The fourth-order valence-corrected chi connectivity index (χ4v) is 2.89. The van der Waals surface area contributed by atoms with E-state index in [1.165, 1.54) is 16.3 Å². The van der Waals surface area contributed by atoms with Crippen LogP contribution < -0.4 is 5.46 Å². The summed E-state index contributed by atoms with van der Waals surface area (Å²) < 4.78 is 11.9. The Balaban J connectivity index is 2.13. The maximum absolute atomic E-state index is 6.03. The van der Waals surface area contributed by atoms with Gasteiger partial charge in [0.05, 0.1) is 12.2 Å². The molecule has 2 aromatic rings. The van der Waals surface area contributed by atoms with Crippen LogP contribution in [0.4, 0.5) is 0 Å². The van der Waals surface area contributed by atoms with Crippen molar-refractivity contribution in [3.63, 3.8) is 0 Å². The molecule has 3 heteroatoms. The first-order chi connectivity index (χ1) is 9.76. The molecule has 21 heavy (non-hydrogen) atoms. The number of hydrogen-bond donors (Lipinski definition) is 0. The van der Waals surface area contributed by atoms with Crippen molar-refractivity contribution in [1.29, 1.82) is 0 Å². The van der Waals surface area contributed by atoms with Gasteiger partial charge in [-0.25, -0.2) is 0 Å². The maximum atomic E-state index is 6.03. The van der Waals surface area contributed by atoms with Crippen LogP contribution in [0.5, 0.6) is 0 Å². The minimum absolute atomic E-state index is 0.0870. The molecule has 0 atom stereocenters. The Bertz CT molecular complexity index is 670. The van der Waals surface area contributed by atoms with Crippen LogP contribution in [0.15, 0.2) is 36.4 Å². The third kappa shape index (κ3) is 2.85. The smallest absolute Gasteiger partial charge is 0.404 e. The van der Waals surface area contributed by atoms with E-state index in [0.717, 1.165) is 5.46 Å². The van der Waals surface area contributed by atoms with Gasteiger partial charge < -0.3 is 9.31 Å². The van der Waals surface area contributed by atoms with Gasteiger partial charge in [-0.2, -0.15) is 0 Å². The molecule has 110 valence electrons. The van der Waals surface area contributed by atoms with Crippen LogP contribution in [-0.2, 0) is 14.7 Å². The summed E-state index contributed by atoms with van der Waals surface area (Å²) in [7, 11) is -0.259. The molecule has 1 aliphatic rings. The van der Waals surface area contributed by atoms with E-state index in [1.54, 1.807) is 0 Å². The monoisotopic (exact) mass is 282 g/mol. The van der Waals surface area contributed by atoms with Gasteiger partial charge in [-0.1, -0.05) is 57.2 Å². The zero-order valence-electron chi connectivity index (χ0n) is 13.6. The lowest BCUT2D eigenvalue weighted by Gasteiger charge is -2.23. The second kappa shape index (κ2) is 4.86. The quantitative estimate of drug-likeness (QED) is 0.743. The molecule has 0 spiro atoms. The van der Waals surface area contributed by atoms with E-state index in [9.17, 15) is 0 Å². The highest BCUT2D eigenvalue weighted by Crippen LogP contribution is 2.30. The molecule has 3 rings (SSSR count). The van der Waals surface area contributed by atoms with E-state index in [0.29, 0.717) is 6.61 Å². The zero-order chi connectivity index (χ0) is 15.3. The maximum Gasteiger partial charge on any atom is 0.494 e. The van der Waals surface area contributed by atoms with E-state index in [4.69, 9.17) is 9.31 Å². The summed E-state index contributed by atoms with van der Waals surface area (Å²) in [5, 5.41) is 2.56. The average molecular weight is 282 g/mol. The van der Waals surface area contributed by atoms with E-state index >= 15 is 0 Å². The first kappa shape index (κ1) is 14.6. The first-order valence-electron chi connectivity index (χ1n) is 7.59. The standard InChI is InChI=1S/C18H23BO2/c1-17(2,3)16-11-14(19-20-12-18(4,5)21-19)10-13-8-6-7-9-15(13)16/h6-11H,12H2,1-5H3. The molecule has 1 aliphatic heterocycles. The van der Waals surface area contributed by atoms with Crippen LogP contribution >= 0.6 is 0 Å². The van der Waals surface area contributed by atoms with Crippen LogP contribution in [-0.4, -0.2) is 19.3 Å². The first-order valence-corrected chi connectivity index (χ1v) is 7.59. The third-order valence-corrected chi connectivity index (χ3v) is 3.97. The normalized spacial score (nSPS) is 18.4. The van der Waals surface area contributed by atoms with Crippen molar-refractivity contribution in [3.05, 3.63) is 42.0 Å². The van der Waals surface area contributed by atoms with Gasteiger partial charge in [0.15, 0.2) is 0 Å². The van der Waals surface area contributed by atoms with Crippen molar-refractivity contribution in [2.75, 3.05) is 6.61 Å². The number of rotatable bonds is 1. The van der Waals surface area contributed by atoms with E-state index in [1.807, 2.05) is 0 Å². The summed E-state index contributed by atoms with van der Waals surface area (Å²) in [6.45, 7) is 11.5. The Labute approximate surface area is 127 Å². The predicted molar refractivity (Wildman–Crippen MR) is 89.2 cm³/mol. The number of hydrogen-bond acceptors (Lipinski definition) is 2. The topological polar surface area (TPSA) is 18.5 Å². The lowest BCUT2D eigenvalue weighted by molar-refractivity contribution is 0.137. The fraction of sp³-hybridized carbons (Fsp3) is 0.444. The van der Waals surface area contributed by atoms with Crippen molar-refractivity contribution in [3.8, 4) is 0 Å². The predicted octanol–water partition coefficient (Wildman–Crippen LogP) is 3.66. The van der Waals surface area contributed by atoms with Crippen LogP contribution in [0, 0.1) is 0 Å². The third-order valence-electron chi connectivity index (χ3n) is 3.97. The van der Waals surface area contributed by atoms with Gasteiger partial charge in [0.25, 0.3) is 0 Å². The molecule has 2 aromatic carbocycles. The van der Waals surface area contributed by atoms with Crippen molar-refractivity contribution >= 4 is 23.4 Å². The SMILES string of the molecule is CC1(C)COB(c2cc(C(C)(C)C)c3ccccc3c2)O1. The Hall–Kier alpha value is -1.32. The highest BCUT2D eigenvalue weighted by molar-refractivity contribution is 6.62. The Morgan fingerprint density at radius 3 is 2.43 bits per heavy atom. The Kier molecular flexibility index (Phi) is 3.38. The van der Waals surface area contributed by atoms with Gasteiger partial charge >= 0.3 is 7.12 Å². The summed E-state index contributed by atoms with van der Waals surface area (Å²) in [5.41, 5.74) is 2.33. The van der Waals surface area contributed by atoms with E-state index in [-0.39, 0.29) is 18.1 Å². The molecule has 0 unspecified atom stereocenters. The van der Waals surface area contributed by atoms with Gasteiger partial charge in [-0.15, -0.1) is 0 Å². The highest BCUT2D eigenvalue weighted by Gasteiger charge is 2.38. The fourth-order valence-electron chi connectivity index (χ4n) is 2.89. The van der Waals surface area contributed by atoms with Crippen LogP contribution in [0.2, 0.25) is 0 Å². The molecule has 2 nitrogen and oxygen atoms in total. The average Bonchev–Trinajstić information content (AvgIpc) is 2.77. The zero-order valence-corrected chi connectivity index (χ0v) is 13.6. The van der Waals surface area contributed by atoms with E-state index in [2.05, 4.69) is 71.0 Å². The summed E-state index contributed by atoms with van der Waals surface area (Å²) in [6, 6.07) is 13.0. The van der Waals surface area contributed by atoms with Gasteiger partial charge in [-0.05, 0) is 41.1 Å². The van der Waals surface area contributed by atoms with Crippen molar-refractivity contribution in [2.24, 2.45) is 0 Å². The minimum Gasteiger partial charge on any atom is -0.404 e. The van der Waals surface area contributed by atoms with Crippen molar-refractivity contribution in [2.45, 2.75) is 45.6 Å². The van der Waals surface area contributed by atoms with Crippen LogP contribution in [0.25, 0.3) is 10.8 Å². The Morgan fingerprint density at radius 2 is 1.81 bits per heavy atom. The minimum atomic E-state index is -0.259. The molecular weight excluding hydrogens is 259 g/mol. The lowest BCUT2D eigenvalue weighted by Crippen LogP contribution is -2.35. The van der Waals surface area contributed by atoms with Gasteiger partial charge in [0.1, 0.15) is 0 Å². The van der Waals surface area contributed by atoms with Crippen LogP contribution in [0.1, 0.15) is 40.2 Å². The van der Waals surface area contributed by atoms with Gasteiger partial charge in [0, 0.05) is 0 Å². The van der Waals surface area contributed by atoms with Gasteiger partial charge in [0.2, 0.25) is 0 Å². The lowest BCUT2D eigenvalue weighted by atomic mass is 9.73. The second-order valence-electron chi connectivity index (χ2n) is 7.56. The summed E-state index contributed by atoms with van der Waals surface area (Å²) in [4.78, 5) is 0. The number of fused-ring (bicyclic) bond motifs is 1.